The Balaban J connectivity index is 1.56. The lowest BCUT2D eigenvalue weighted by Gasteiger charge is -2.22. The van der Waals surface area contributed by atoms with Crippen molar-refractivity contribution in [2.24, 2.45) is 16.8 Å². The number of ether oxygens (including phenoxy) is 2. The minimum Gasteiger partial charge on any atom is -0.497 e. The molecule has 35 heavy (non-hydrogen) atoms. The van der Waals surface area contributed by atoms with Crippen molar-refractivity contribution in [2.45, 2.75) is 51.6 Å². The van der Waals surface area contributed by atoms with Gasteiger partial charge in [-0.15, -0.1) is 0 Å². The van der Waals surface area contributed by atoms with Crippen LogP contribution in [-0.4, -0.2) is 31.0 Å². The first-order valence-corrected chi connectivity index (χ1v) is 12.0. The second-order valence-electron chi connectivity index (χ2n) is 9.45. The van der Waals surface area contributed by atoms with Crippen molar-refractivity contribution >= 4 is 18.4 Å². The fourth-order valence-corrected chi connectivity index (χ4v) is 4.98. The molecule has 2 aromatic carbocycles. The van der Waals surface area contributed by atoms with E-state index < -0.39 is 11.9 Å². The maximum absolute atomic E-state index is 14.5. The summed E-state index contributed by atoms with van der Waals surface area (Å²) in [5.74, 6) is 0.114. The topological polar surface area (TPSA) is 68.1 Å². The van der Waals surface area contributed by atoms with Gasteiger partial charge in [0.25, 0.3) is 0 Å². The van der Waals surface area contributed by atoms with Crippen LogP contribution in [0, 0.1) is 17.7 Å². The summed E-state index contributed by atoms with van der Waals surface area (Å²) < 4.78 is 26.1. The van der Waals surface area contributed by atoms with E-state index in [0.29, 0.717) is 22.9 Å². The summed E-state index contributed by atoms with van der Waals surface area (Å²) >= 11 is 0. The lowest BCUT2D eigenvalue weighted by Crippen LogP contribution is -2.21. The second-order valence-corrected chi connectivity index (χ2v) is 9.45. The number of nitrogens with zero attached hydrogens (tertiary/aromatic N) is 1. The Morgan fingerprint density at radius 2 is 1.97 bits per heavy atom. The minimum absolute atomic E-state index is 0.00579. The number of methoxy groups -OCH3 is 1. The molecule has 0 aromatic heterocycles. The molecular formula is C29H32FNO4. The number of carbonyl (C=O) groups is 1. The van der Waals surface area contributed by atoms with E-state index in [1.54, 1.807) is 19.1 Å². The Kier molecular flexibility index (Phi) is 7.39. The van der Waals surface area contributed by atoms with Gasteiger partial charge in [0.05, 0.1) is 18.7 Å². The first-order chi connectivity index (χ1) is 16.8. The predicted molar refractivity (Wildman–Crippen MR) is 136 cm³/mol. The molecule has 6 heteroatoms. The summed E-state index contributed by atoms with van der Waals surface area (Å²) in [6.45, 7) is 7.45. The second kappa shape index (κ2) is 10.5. The molecule has 0 aliphatic heterocycles. The van der Waals surface area contributed by atoms with Crippen molar-refractivity contribution in [2.75, 3.05) is 7.11 Å². The van der Waals surface area contributed by atoms with Crippen LogP contribution in [0.5, 0.6) is 11.5 Å². The van der Waals surface area contributed by atoms with Gasteiger partial charge in [0.15, 0.2) is 0 Å². The highest BCUT2D eigenvalue weighted by Crippen LogP contribution is 2.47. The van der Waals surface area contributed by atoms with Gasteiger partial charge in [0.1, 0.15) is 23.4 Å². The number of benzene rings is 2. The molecule has 1 N–H and O–H groups in total. The fraction of sp³-hybridized carbons (Fsp3) is 0.379. The summed E-state index contributed by atoms with van der Waals surface area (Å²) in [6.07, 6.45) is 5.47. The molecule has 3 atom stereocenters. The van der Waals surface area contributed by atoms with Crippen LogP contribution < -0.4 is 9.47 Å². The van der Waals surface area contributed by atoms with E-state index >= 15 is 0 Å². The number of carboxylic acids is 1. The maximum atomic E-state index is 14.5. The molecule has 4 rings (SSSR count). The van der Waals surface area contributed by atoms with Crippen LogP contribution in [0.25, 0.3) is 5.70 Å². The van der Waals surface area contributed by atoms with Crippen molar-refractivity contribution in [1.82, 2.24) is 0 Å². The zero-order valence-corrected chi connectivity index (χ0v) is 20.5. The van der Waals surface area contributed by atoms with Gasteiger partial charge in [-0.25, -0.2) is 4.39 Å². The van der Waals surface area contributed by atoms with Crippen LogP contribution in [0.4, 0.5) is 4.39 Å². The molecule has 0 saturated heterocycles. The van der Waals surface area contributed by atoms with Crippen molar-refractivity contribution in [3.63, 3.8) is 0 Å². The van der Waals surface area contributed by atoms with E-state index in [0.717, 1.165) is 48.1 Å². The zero-order chi connectivity index (χ0) is 25.1. The molecule has 0 radical (unpaired) electrons. The van der Waals surface area contributed by atoms with Crippen molar-refractivity contribution in [1.29, 1.82) is 0 Å². The summed E-state index contributed by atoms with van der Waals surface area (Å²) in [7, 11) is 1.54. The quantitative estimate of drug-likeness (QED) is 0.389. The molecule has 0 bridgehead atoms. The van der Waals surface area contributed by atoms with Crippen molar-refractivity contribution in [3.05, 3.63) is 76.6 Å². The van der Waals surface area contributed by atoms with Crippen LogP contribution >= 0.6 is 0 Å². The van der Waals surface area contributed by atoms with Crippen molar-refractivity contribution < 1.29 is 23.8 Å². The highest BCUT2D eigenvalue weighted by atomic mass is 19.1. The zero-order valence-electron chi connectivity index (χ0n) is 20.5. The Morgan fingerprint density at radius 1 is 1.20 bits per heavy atom. The SMILES string of the molecule is C=N/C(=C\C1=C(C)[C@H](Oc2cccc([C@H](C3CC3)[C@H](C)C(=O)O)c2)CC1)c1cc(OC)ccc1F. The molecule has 0 heterocycles. The third kappa shape index (κ3) is 5.47. The molecule has 1 fully saturated rings. The molecule has 184 valence electrons. The molecule has 2 aromatic rings. The number of aliphatic carboxylic acids is 1. The lowest BCUT2D eigenvalue weighted by atomic mass is 9.83. The molecular weight excluding hydrogens is 445 g/mol. The van der Waals surface area contributed by atoms with Crippen LogP contribution in [-0.2, 0) is 4.79 Å². The van der Waals surface area contributed by atoms with E-state index in [2.05, 4.69) is 11.7 Å². The van der Waals surface area contributed by atoms with Crippen LogP contribution in [0.3, 0.4) is 0 Å². The first kappa shape index (κ1) is 24.7. The number of carboxylic acid groups (broad SMARTS) is 1. The summed E-state index contributed by atoms with van der Waals surface area (Å²) in [6, 6.07) is 12.4. The number of halogens is 1. The van der Waals surface area contributed by atoms with Crippen molar-refractivity contribution in [3.8, 4) is 11.5 Å². The van der Waals surface area contributed by atoms with Crippen LogP contribution in [0.2, 0.25) is 0 Å². The molecule has 2 aliphatic carbocycles. The van der Waals surface area contributed by atoms with Gasteiger partial charge in [0, 0.05) is 5.56 Å². The summed E-state index contributed by atoms with van der Waals surface area (Å²) in [5.41, 5.74) is 3.93. The smallest absolute Gasteiger partial charge is 0.306 e. The largest absolute Gasteiger partial charge is 0.497 e. The van der Waals surface area contributed by atoms with Gasteiger partial charge in [-0.1, -0.05) is 19.1 Å². The molecule has 0 unspecified atom stereocenters. The maximum Gasteiger partial charge on any atom is 0.306 e. The third-order valence-corrected chi connectivity index (χ3v) is 7.18. The third-order valence-electron chi connectivity index (χ3n) is 7.18. The van der Waals surface area contributed by atoms with E-state index in [4.69, 9.17) is 9.47 Å². The average Bonchev–Trinajstić information content (AvgIpc) is 3.63. The summed E-state index contributed by atoms with van der Waals surface area (Å²) in [5, 5.41) is 9.59. The number of rotatable bonds is 10. The van der Waals surface area contributed by atoms with Gasteiger partial charge in [-0.05, 0) is 104 Å². The normalized spacial score (nSPS) is 19.9. The van der Waals surface area contributed by atoms with E-state index in [1.807, 2.05) is 37.3 Å². The van der Waals surface area contributed by atoms with Crippen LogP contribution in [0.1, 0.15) is 56.6 Å². The lowest BCUT2D eigenvalue weighted by molar-refractivity contribution is -0.142. The average molecular weight is 478 g/mol. The highest BCUT2D eigenvalue weighted by Gasteiger charge is 2.38. The molecule has 0 spiro atoms. The highest BCUT2D eigenvalue weighted by molar-refractivity contribution is 5.72. The first-order valence-electron chi connectivity index (χ1n) is 12.0. The molecule has 5 nitrogen and oxygen atoms in total. The molecule has 1 saturated carbocycles. The minimum atomic E-state index is -0.765. The monoisotopic (exact) mass is 477 g/mol. The number of aliphatic imine (C=N–C) groups is 1. The van der Waals surface area contributed by atoms with E-state index in [1.165, 1.54) is 13.2 Å². The Hall–Kier alpha value is -3.41. The van der Waals surface area contributed by atoms with Gasteiger partial charge >= 0.3 is 5.97 Å². The van der Waals surface area contributed by atoms with Crippen LogP contribution in [0.15, 0.2) is 64.7 Å². The summed E-state index contributed by atoms with van der Waals surface area (Å²) in [4.78, 5) is 15.8. The standard InChI is InChI=1S/C29H32FNO4/c1-17-20(15-26(31-3)24-16-22(34-4)11-12-25(24)30)10-13-27(17)35-23-7-5-6-21(14-23)28(19-8-9-19)18(2)29(32)33/h5-7,11-12,14-16,18-19,27-28H,3,8-10,13H2,1-2,4H3,(H,32,33)/b26-15-/t18-,27+,28-/m0/s1. The van der Waals surface area contributed by atoms with E-state index in [-0.39, 0.29) is 17.8 Å². The van der Waals surface area contributed by atoms with Gasteiger partial charge in [-0.2, -0.15) is 0 Å². The van der Waals surface area contributed by atoms with Gasteiger partial charge in [0.2, 0.25) is 0 Å². The Bertz CT molecular complexity index is 1180. The fourth-order valence-electron chi connectivity index (χ4n) is 4.98. The molecule has 2 aliphatic rings. The number of allylic oxidation sites excluding steroid dienone is 2. The Labute approximate surface area is 206 Å². The molecule has 0 amide bonds. The van der Waals surface area contributed by atoms with Gasteiger partial charge < -0.3 is 14.6 Å². The Morgan fingerprint density at radius 3 is 2.63 bits per heavy atom. The van der Waals surface area contributed by atoms with Gasteiger partial charge in [-0.3, -0.25) is 9.79 Å². The predicted octanol–water partition coefficient (Wildman–Crippen LogP) is 6.65. The number of hydrogen-bond donors (Lipinski definition) is 1. The van der Waals surface area contributed by atoms with E-state index in [9.17, 15) is 14.3 Å². The number of hydrogen-bond acceptors (Lipinski definition) is 4.